The number of amides is 1. The quantitative estimate of drug-likeness (QED) is 0.866. The number of hydrogen-bond donors (Lipinski definition) is 1. The molecule has 19 heavy (non-hydrogen) atoms. The average Bonchev–Trinajstić information content (AvgIpc) is 2.96. The van der Waals surface area contributed by atoms with Gasteiger partial charge in [-0.1, -0.05) is 0 Å². The van der Waals surface area contributed by atoms with Crippen molar-refractivity contribution in [3.05, 3.63) is 16.6 Å². The fourth-order valence-electron chi connectivity index (χ4n) is 2.57. The van der Waals surface area contributed by atoms with Crippen LogP contribution in [0.3, 0.4) is 0 Å². The van der Waals surface area contributed by atoms with Gasteiger partial charge in [0.2, 0.25) is 5.91 Å². The highest BCUT2D eigenvalue weighted by molar-refractivity contribution is 7.09. The number of likely N-dealkylation sites (tertiary alicyclic amines) is 1. The molecule has 4 nitrogen and oxygen atoms in total. The molecule has 2 rings (SSSR count). The Bertz CT molecular complexity index is 372. The molecule has 0 aromatic carbocycles. The van der Waals surface area contributed by atoms with Crippen molar-refractivity contribution in [3.63, 3.8) is 0 Å². The molecule has 0 unspecified atom stereocenters. The standard InChI is InChI=1S/C14H23N3OS/c1-15-7-4-12-5-9-17(10-6-12)14(18)3-2-13-16-8-11-19-13/h8,11-12,15H,2-7,9-10H2,1H3. The van der Waals surface area contributed by atoms with Crippen LogP contribution < -0.4 is 5.32 Å². The van der Waals surface area contributed by atoms with Crippen LogP contribution in [-0.4, -0.2) is 42.5 Å². The normalized spacial score (nSPS) is 16.8. The van der Waals surface area contributed by atoms with Crippen molar-refractivity contribution in [2.45, 2.75) is 32.1 Å². The Morgan fingerprint density at radius 2 is 2.32 bits per heavy atom. The van der Waals surface area contributed by atoms with Crippen LogP contribution in [0.15, 0.2) is 11.6 Å². The second-order valence-corrected chi connectivity index (χ2v) is 6.12. The van der Waals surface area contributed by atoms with Crippen LogP contribution in [0, 0.1) is 5.92 Å². The second kappa shape index (κ2) is 7.60. The second-order valence-electron chi connectivity index (χ2n) is 5.14. The van der Waals surface area contributed by atoms with E-state index in [0.717, 1.165) is 49.8 Å². The fraction of sp³-hybridized carbons (Fsp3) is 0.714. The summed E-state index contributed by atoms with van der Waals surface area (Å²) in [4.78, 5) is 18.4. The molecule has 1 aromatic heterocycles. The third kappa shape index (κ3) is 4.58. The first-order valence-corrected chi connectivity index (χ1v) is 7.98. The van der Waals surface area contributed by atoms with E-state index in [-0.39, 0.29) is 0 Å². The van der Waals surface area contributed by atoms with Gasteiger partial charge in [0.1, 0.15) is 0 Å². The topological polar surface area (TPSA) is 45.2 Å². The SMILES string of the molecule is CNCCC1CCN(C(=O)CCc2nccs2)CC1. The van der Waals surface area contributed by atoms with Gasteiger partial charge in [0.05, 0.1) is 5.01 Å². The summed E-state index contributed by atoms with van der Waals surface area (Å²) in [5.41, 5.74) is 0. The molecule has 1 fully saturated rings. The molecule has 1 amide bonds. The van der Waals surface area contributed by atoms with E-state index in [1.807, 2.05) is 17.3 Å². The van der Waals surface area contributed by atoms with Crippen LogP contribution in [0.2, 0.25) is 0 Å². The molecule has 0 spiro atoms. The first-order valence-electron chi connectivity index (χ1n) is 7.10. The maximum absolute atomic E-state index is 12.1. The maximum atomic E-state index is 12.1. The minimum absolute atomic E-state index is 0.294. The van der Waals surface area contributed by atoms with E-state index in [2.05, 4.69) is 10.3 Å². The third-order valence-corrected chi connectivity index (χ3v) is 4.65. The zero-order valence-electron chi connectivity index (χ0n) is 11.6. The molecule has 106 valence electrons. The molecule has 0 atom stereocenters. The highest BCUT2D eigenvalue weighted by Crippen LogP contribution is 2.20. The summed E-state index contributed by atoms with van der Waals surface area (Å²) in [5.74, 6) is 1.08. The first kappa shape index (κ1) is 14.5. The van der Waals surface area contributed by atoms with Gasteiger partial charge in [0.25, 0.3) is 0 Å². The number of carbonyl (C=O) groups excluding carboxylic acids is 1. The Labute approximate surface area is 119 Å². The smallest absolute Gasteiger partial charge is 0.222 e. The lowest BCUT2D eigenvalue weighted by atomic mass is 9.93. The summed E-state index contributed by atoms with van der Waals surface area (Å²) in [5, 5.41) is 6.23. The average molecular weight is 281 g/mol. The maximum Gasteiger partial charge on any atom is 0.222 e. The molecule has 1 aliphatic heterocycles. The van der Waals surface area contributed by atoms with E-state index in [4.69, 9.17) is 0 Å². The number of thiazole rings is 1. The van der Waals surface area contributed by atoms with E-state index >= 15 is 0 Å². The summed E-state index contributed by atoms with van der Waals surface area (Å²) >= 11 is 1.63. The molecule has 1 saturated heterocycles. The number of nitrogens with one attached hydrogen (secondary N) is 1. The predicted molar refractivity (Wildman–Crippen MR) is 78.3 cm³/mol. The van der Waals surface area contributed by atoms with E-state index in [9.17, 15) is 4.79 Å². The van der Waals surface area contributed by atoms with Gasteiger partial charge in [0.15, 0.2) is 0 Å². The summed E-state index contributed by atoms with van der Waals surface area (Å²) in [6, 6.07) is 0. The number of nitrogens with zero attached hydrogens (tertiary/aromatic N) is 2. The van der Waals surface area contributed by atoms with Crippen molar-refractivity contribution < 1.29 is 4.79 Å². The number of carbonyl (C=O) groups is 1. The van der Waals surface area contributed by atoms with Gasteiger partial charge in [-0.3, -0.25) is 4.79 Å². The number of aromatic nitrogens is 1. The van der Waals surface area contributed by atoms with Crippen molar-refractivity contribution in [3.8, 4) is 0 Å². The summed E-state index contributed by atoms with van der Waals surface area (Å²) < 4.78 is 0. The molecule has 1 aromatic rings. The molecule has 2 heterocycles. The predicted octanol–water partition coefficient (Wildman–Crippen LogP) is 1.92. The van der Waals surface area contributed by atoms with Crippen LogP contribution >= 0.6 is 11.3 Å². The highest BCUT2D eigenvalue weighted by Gasteiger charge is 2.22. The first-order chi connectivity index (χ1) is 9.29. The molecule has 0 bridgehead atoms. The number of rotatable bonds is 6. The van der Waals surface area contributed by atoms with E-state index in [1.165, 1.54) is 6.42 Å². The summed E-state index contributed by atoms with van der Waals surface area (Å²) in [6.45, 7) is 2.96. The van der Waals surface area contributed by atoms with E-state index < -0.39 is 0 Å². The molecule has 0 radical (unpaired) electrons. The Hall–Kier alpha value is -0.940. The molecule has 0 aliphatic carbocycles. The Kier molecular flexibility index (Phi) is 5.79. The summed E-state index contributed by atoms with van der Waals surface area (Å²) in [7, 11) is 2.00. The van der Waals surface area contributed by atoms with Crippen LogP contribution in [0.1, 0.15) is 30.7 Å². The van der Waals surface area contributed by atoms with Gasteiger partial charge in [-0.25, -0.2) is 4.98 Å². The minimum Gasteiger partial charge on any atom is -0.343 e. The molecular formula is C14H23N3OS. The van der Waals surface area contributed by atoms with Gasteiger partial charge >= 0.3 is 0 Å². The molecular weight excluding hydrogens is 258 g/mol. The number of piperidine rings is 1. The highest BCUT2D eigenvalue weighted by atomic mass is 32.1. The molecule has 1 aliphatic rings. The largest absolute Gasteiger partial charge is 0.343 e. The fourth-order valence-corrected chi connectivity index (χ4v) is 3.19. The zero-order chi connectivity index (χ0) is 13.5. The number of aryl methyl sites for hydroxylation is 1. The van der Waals surface area contributed by atoms with E-state index in [0.29, 0.717) is 12.3 Å². The van der Waals surface area contributed by atoms with Crippen molar-refractivity contribution in [1.29, 1.82) is 0 Å². The van der Waals surface area contributed by atoms with Gasteiger partial charge in [-0.2, -0.15) is 0 Å². The summed E-state index contributed by atoms with van der Waals surface area (Å²) in [6.07, 6.45) is 6.75. The van der Waals surface area contributed by atoms with Crippen molar-refractivity contribution in [2.24, 2.45) is 5.92 Å². The molecule has 5 heteroatoms. The van der Waals surface area contributed by atoms with Crippen molar-refractivity contribution in [2.75, 3.05) is 26.7 Å². The lowest BCUT2D eigenvalue weighted by Crippen LogP contribution is -2.39. The Balaban J connectivity index is 1.67. The van der Waals surface area contributed by atoms with Crippen molar-refractivity contribution in [1.82, 2.24) is 15.2 Å². The van der Waals surface area contributed by atoms with Crippen molar-refractivity contribution >= 4 is 17.2 Å². The molecule has 0 saturated carbocycles. The van der Waals surface area contributed by atoms with Gasteiger partial charge in [0, 0.05) is 37.5 Å². The van der Waals surface area contributed by atoms with Gasteiger partial charge in [-0.05, 0) is 38.8 Å². The van der Waals surface area contributed by atoms with Gasteiger partial charge < -0.3 is 10.2 Å². The van der Waals surface area contributed by atoms with Crippen LogP contribution in [0.4, 0.5) is 0 Å². The monoisotopic (exact) mass is 281 g/mol. The van der Waals surface area contributed by atoms with Crippen LogP contribution in [-0.2, 0) is 11.2 Å². The lowest BCUT2D eigenvalue weighted by molar-refractivity contribution is -0.132. The Morgan fingerprint density at radius 1 is 1.53 bits per heavy atom. The minimum atomic E-state index is 0.294. The Morgan fingerprint density at radius 3 is 2.95 bits per heavy atom. The lowest BCUT2D eigenvalue weighted by Gasteiger charge is -2.32. The zero-order valence-corrected chi connectivity index (χ0v) is 12.4. The van der Waals surface area contributed by atoms with E-state index in [1.54, 1.807) is 17.5 Å². The van der Waals surface area contributed by atoms with Gasteiger partial charge in [-0.15, -0.1) is 11.3 Å². The van der Waals surface area contributed by atoms with Crippen LogP contribution in [0.25, 0.3) is 0 Å². The van der Waals surface area contributed by atoms with Crippen LogP contribution in [0.5, 0.6) is 0 Å². The molecule has 1 N–H and O–H groups in total. The number of hydrogen-bond acceptors (Lipinski definition) is 4. The third-order valence-electron chi connectivity index (χ3n) is 3.81.